The lowest BCUT2D eigenvalue weighted by molar-refractivity contribution is 0.488. The molecule has 0 bridgehead atoms. The maximum Gasteiger partial charge on any atom is 0.256 e. The molecule has 7 nitrogen and oxygen atoms in total. The van der Waals surface area contributed by atoms with Crippen molar-refractivity contribution in [2.75, 3.05) is 9.80 Å². The van der Waals surface area contributed by atoms with Crippen molar-refractivity contribution in [2.24, 2.45) is 0 Å². The second-order valence-electron chi connectivity index (χ2n) is 23.5. The zero-order valence-electron chi connectivity index (χ0n) is 46.8. The molecule has 0 saturated carbocycles. The van der Waals surface area contributed by atoms with Gasteiger partial charge in [0.15, 0.2) is 0 Å². The molecule has 4 aliphatic heterocycles. The Morgan fingerprint density at radius 2 is 0.552 bits per heavy atom. The van der Waals surface area contributed by atoms with Crippen molar-refractivity contribution < 1.29 is 9.47 Å². The minimum atomic E-state index is -0.144. The molecule has 16 aromatic rings. The molecule has 0 unspecified atom stereocenters. The van der Waals surface area contributed by atoms with Crippen LogP contribution in [0, 0.1) is 0 Å². The minimum absolute atomic E-state index is 0.144. The van der Waals surface area contributed by atoms with Crippen molar-refractivity contribution >= 4 is 146 Å². The van der Waals surface area contributed by atoms with E-state index in [1.54, 1.807) is 0 Å². The zero-order valence-corrected chi connectivity index (χ0v) is 46.8. The van der Waals surface area contributed by atoms with Crippen molar-refractivity contribution in [3.63, 3.8) is 0 Å². The summed E-state index contributed by atoms with van der Waals surface area (Å²) in [5.41, 5.74) is 23.5. The van der Waals surface area contributed by atoms with Gasteiger partial charge in [-0.3, -0.25) is 0 Å². The van der Waals surface area contributed by atoms with Gasteiger partial charge in [-0.05, 0) is 118 Å². The summed E-state index contributed by atoms with van der Waals surface area (Å²) >= 11 is 0. The lowest BCUT2D eigenvalue weighted by atomic mass is 9.34. The Labute approximate surface area is 501 Å². The van der Waals surface area contributed by atoms with E-state index in [9.17, 15) is 0 Å². The number of para-hydroxylation sites is 9. The predicted molar refractivity (Wildman–Crippen MR) is 361 cm³/mol. The van der Waals surface area contributed by atoms with Crippen molar-refractivity contribution in [3.8, 4) is 40.1 Å². The van der Waals surface area contributed by atoms with Crippen LogP contribution in [0.25, 0.3) is 82.5 Å². The van der Waals surface area contributed by atoms with Crippen molar-refractivity contribution in [2.45, 2.75) is 0 Å². The third-order valence-corrected chi connectivity index (χ3v) is 19.1. The number of hydrogen-bond donors (Lipinski definition) is 0. The number of hydrogen-bond acceptors (Lipinski definition) is 4. The van der Waals surface area contributed by atoms with Crippen molar-refractivity contribution in [3.05, 3.63) is 285 Å². The van der Waals surface area contributed by atoms with Gasteiger partial charge < -0.3 is 33.0 Å². The molecular formula is C78H47B2N5O2. The van der Waals surface area contributed by atoms with Crippen LogP contribution in [0.3, 0.4) is 0 Å². The van der Waals surface area contributed by atoms with Gasteiger partial charge in [-0.25, -0.2) is 0 Å². The first-order chi connectivity index (χ1) is 43.2. The van der Waals surface area contributed by atoms with E-state index in [1.807, 2.05) is 0 Å². The average Bonchev–Trinajstić information content (AvgIpc) is 1.71. The maximum absolute atomic E-state index is 7.57. The van der Waals surface area contributed by atoms with Gasteiger partial charge in [0, 0.05) is 96.4 Å². The summed E-state index contributed by atoms with van der Waals surface area (Å²) in [6, 6.07) is 104. The quantitative estimate of drug-likeness (QED) is 0.161. The van der Waals surface area contributed by atoms with E-state index >= 15 is 0 Å². The first kappa shape index (κ1) is 47.0. The summed E-state index contributed by atoms with van der Waals surface area (Å²) in [5, 5.41) is 7.16. The molecule has 0 amide bonds. The van der Waals surface area contributed by atoms with E-state index in [0.29, 0.717) is 0 Å². The highest BCUT2D eigenvalue weighted by molar-refractivity contribution is 7.00. The SMILES string of the molecule is c1ccc(N2c3ccccc3B3c4cc5c6cc7c(cc6n(-c6ccccc6)c5cc4Oc4cc(-n5c6ccccc6c6ccccc65)cc2c43)Oc2cc(-n3c4ccccc4c4ccccc43)cc3c2B7c2ccccc2N3c2ccccc2)cc1. The zero-order chi connectivity index (χ0) is 56.6. The minimum Gasteiger partial charge on any atom is -0.458 e. The summed E-state index contributed by atoms with van der Waals surface area (Å²) in [5.74, 6) is 3.37. The first-order valence-corrected chi connectivity index (χ1v) is 30.0. The standard InChI is InChI=1S/C78H47B2N5O2/c1-4-22-48(23-5-1)81-67-38-20-14-32-59(67)79-61-44-57-58-45-62-74(47-70(58)83(50-26-8-3-9-27-50)69(57)46-73(61)86-75-42-51(40-71(81)77(75)79)84-63-34-16-10-28-53(63)54-29-11-17-35-64(54)84)87-76-43-52(85-65-36-18-12-30-55(65)56-31-13-19-37-66(56)85)41-72-78(76)80(62)60-33-15-21-39-68(60)82(72)49-24-6-2-7-25-49/h1-47H. The summed E-state index contributed by atoms with van der Waals surface area (Å²) in [6.07, 6.45) is 0. The summed E-state index contributed by atoms with van der Waals surface area (Å²) in [6.45, 7) is -0.287. The molecule has 0 fully saturated rings. The Morgan fingerprint density at radius 3 is 0.954 bits per heavy atom. The first-order valence-electron chi connectivity index (χ1n) is 30.0. The fourth-order valence-electron chi connectivity index (χ4n) is 15.6. The number of fused-ring (bicyclic) bond motifs is 17. The lowest BCUT2D eigenvalue weighted by Crippen LogP contribution is -2.59. The lowest BCUT2D eigenvalue weighted by Gasteiger charge is -2.40. The molecule has 402 valence electrons. The van der Waals surface area contributed by atoms with Gasteiger partial charge in [0.05, 0.1) is 44.5 Å². The highest BCUT2D eigenvalue weighted by Crippen LogP contribution is 2.48. The molecule has 9 heteroatoms. The molecule has 0 saturated heterocycles. The Bertz CT molecular complexity index is 5200. The van der Waals surface area contributed by atoms with Gasteiger partial charge >= 0.3 is 0 Å². The van der Waals surface area contributed by atoms with E-state index in [4.69, 9.17) is 9.47 Å². The van der Waals surface area contributed by atoms with Gasteiger partial charge in [0.25, 0.3) is 13.4 Å². The molecule has 0 atom stereocenters. The van der Waals surface area contributed by atoms with Crippen LogP contribution in [0.4, 0.5) is 34.1 Å². The third-order valence-electron chi connectivity index (χ3n) is 19.1. The van der Waals surface area contributed by atoms with Crippen LogP contribution in [-0.4, -0.2) is 27.1 Å². The van der Waals surface area contributed by atoms with Crippen LogP contribution in [0.1, 0.15) is 0 Å². The third kappa shape index (κ3) is 6.46. The van der Waals surface area contributed by atoms with Crippen LogP contribution in [0.15, 0.2) is 285 Å². The molecule has 20 rings (SSSR count). The molecule has 87 heavy (non-hydrogen) atoms. The normalized spacial score (nSPS) is 13.4. The Hall–Kier alpha value is -11.4. The van der Waals surface area contributed by atoms with Crippen LogP contribution in [0.2, 0.25) is 0 Å². The summed E-state index contributed by atoms with van der Waals surface area (Å²) in [7, 11) is 0. The fourth-order valence-corrected chi connectivity index (χ4v) is 15.6. The van der Waals surface area contributed by atoms with E-state index < -0.39 is 0 Å². The Morgan fingerprint density at radius 1 is 0.218 bits per heavy atom. The van der Waals surface area contributed by atoms with Gasteiger partial charge in [-0.1, -0.05) is 176 Å². The number of ether oxygens (including phenoxy) is 2. The fraction of sp³-hybridized carbons (Fsp3) is 0. The van der Waals surface area contributed by atoms with E-state index in [-0.39, 0.29) is 13.4 Å². The molecule has 0 radical (unpaired) electrons. The number of rotatable bonds is 5. The van der Waals surface area contributed by atoms with E-state index in [1.165, 1.54) is 32.5 Å². The number of anilines is 6. The highest BCUT2D eigenvalue weighted by Gasteiger charge is 2.45. The molecule has 3 aromatic heterocycles. The van der Waals surface area contributed by atoms with Gasteiger partial charge in [0.1, 0.15) is 23.0 Å². The van der Waals surface area contributed by atoms with E-state index in [2.05, 4.69) is 309 Å². The highest BCUT2D eigenvalue weighted by atomic mass is 16.5. The molecule has 0 N–H and O–H groups in total. The largest absolute Gasteiger partial charge is 0.458 e. The maximum atomic E-state index is 7.57. The molecule has 7 heterocycles. The van der Waals surface area contributed by atoms with Crippen molar-refractivity contribution in [1.29, 1.82) is 0 Å². The second-order valence-corrected chi connectivity index (χ2v) is 23.5. The topological polar surface area (TPSA) is 39.7 Å². The second kappa shape index (κ2) is 17.6. The smallest absolute Gasteiger partial charge is 0.256 e. The van der Waals surface area contributed by atoms with Crippen molar-refractivity contribution in [1.82, 2.24) is 13.7 Å². The molecule has 13 aromatic carbocycles. The van der Waals surface area contributed by atoms with Gasteiger partial charge in [0.2, 0.25) is 0 Å². The molecule has 0 spiro atoms. The van der Waals surface area contributed by atoms with E-state index in [0.717, 1.165) is 140 Å². The Kier molecular flexibility index (Phi) is 9.50. The van der Waals surface area contributed by atoms with Crippen LogP contribution in [-0.2, 0) is 0 Å². The van der Waals surface area contributed by atoms with Crippen LogP contribution < -0.4 is 52.1 Å². The van der Waals surface area contributed by atoms with Gasteiger partial charge in [-0.15, -0.1) is 0 Å². The summed E-state index contributed by atoms with van der Waals surface area (Å²) in [4.78, 5) is 4.89. The predicted octanol–water partition coefficient (Wildman–Crippen LogP) is 15.8. The monoisotopic (exact) mass is 1110 g/mol. The number of nitrogens with zero attached hydrogens (tertiary/aromatic N) is 5. The number of benzene rings is 13. The number of aromatic nitrogens is 3. The average molecular weight is 1110 g/mol. The molecular weight excluding hydrogens is 1060 g/mol. The molecule has 0 aliphatic carbocycles. The van der Waals surface area contributed by atoms with Gasteiger partial charge in [-0.2, -0.15) is 0 Å². The Balaban J connectivity index is 0.845. The van der Waals surface area contributed by atoms with Crippen LogP contribution in [0.5, 0.6) is 23.0 Å². The summed E-state index contributed by atoms with van der Waals surface area (Å²) < 4.78 is 22.4. The van der Waals surface area contributed by atoms with Crippen LogP contribution >= 0.6 is 0 Å². The molecule has 4 aliphatic rings.